The predicted molar refractivity (Wildman–Crippen MR) is 69.3 cm³/mol. The van der Waals surface area contributed by atoms with E-state index in [0.29, 0.717) is 0 Å². The molecule has 0 bridgehead atoms. The number of rotatable bonds is 0. The zero-order chi connectivity index (χ0) is 12.3. The van der Waals surface area contributed by atoms with Gasteiger partial charge in [-0.3, -0.25) is 0 Å². The van der Waals surface area contributed by atoms with E-state index in [2.05, 4.69) is 5.32 Å². The lowest BCUT2D eigenvalue weighted by Crippen LogP contribution is -2.12. The normalized spacial score (nSPS) is 16.0. The van der Waals surface area contributed by atoms with Crippen molar-refractivity contribution in [3.8, 4) is 0 Å². The zero-order valence-electron chi connectivity index (χ0n) is 10.9. The Hall–Kier alpha value is -0.275. The van der Waals surface area contributed by atoms with Crippen LogP contribution in [0.1, 0.15) is 47.5 Å². The van der Waals surface area contributed by atoms with Gasteiger partial charge in [-0.15, -0.1) is 5.47 Å². The third-order valence-electron chi connectivity index (χ3n) is 1.33. The van der Waals surface area contributed by atoms with Crippen molar-refractivity contribution in [1.82, 2.24) is 5.32 Å². The molecule has 0 aliphatic carbocycles. The molecule has 2 nitrogen and oxygen atoms in total. The SMILES string of the molecule is CC.CC(C)(C)O.[B]C1=CCNCCC1. The minimum Gasteiger partial charge on any atom is -0.391 e. The Morgan fingerprint density at radius 2 is 1.80 bits per heavy atom. The highest BCUT2D eigenvalue weighted by molar-refractivity contribution is 6.21. The van der Waals surface area contributed by atoms with E-state index in [9.17, 15) is 0 Å². The van der Waals surface area contributed by atoms with E-state index >= 15 is 0 Å². The maximum absolute atomic E-state index is 8.52. The summed E-state index contributed by atoms with van der Waals surface area (Å²) in [6.07, 6.45) is 4.29. The molecule has 1 aliphatic rings. The van der Waals surface area contributed by atoms with Gasteiger partial charge in [0, 0.05) is 6.54 Å². The maximum Gasteiger partial charge on any atom is 0.107 e. The topological polar surface area (TPSA) is 32.3 Å². The van der Waals surface area contributed by atoms with E-state index < -0.39 is 5.60 Å². The van der Waals surface area contributed by atoms with Gasteiger partial charge in [-0.25, -0.2) is 0 Å². The van der Waals surface area contributed by atoms with Crippen LogP contribution in [-0.4, -0.2) is 31.6 Å². The molecule has 0 atom stereocenters. The molecule has 0 unspecified atom stereocenters. The molecule has 0 saturated heterocycles. The number of allylic oxidation sites excluding steroid dienone is 1. The van der Waals surface area contributed by atoms with Gasteiger partial charge in [-0.2, -0.15) is 0 Å². The molecule has 0 spiro atoms. The lowest BCUT2D eigenvalue weighted by atomic mass is 9.91. The minimum atomic E-state index is -0.500. The van der Waals surface area contributed by atoms with Gasteiger partial charge in [0.05, 0.1) is 5.60 Å². The van der Waals surface area contributed by atoms with Crippen LogP contribution >= 0.6 is 0 Å². The fourth-order valence-electron chi connectivity index (χ4n) is 0.825. The summed E-state index contributed by atoms with van der Waals surface area (Å²) >= 11 is 0. The molecule has 88 valence electrons. The molecule has 0 amide bonds. The second kappa shape index (κ2) is 10.2. The van der Waals surface area contributed by atoms with Crippen molar-refractivity contribution in [3.63, 3.8) is 0 Å². The third-order valence-corrected chi connectivity index (χ3v) is 1.33. The highest BCUT2D eigenvalue weighted by atomic mass is 16.3. The molecule has 15 heavy (non-hydrogen) atoms. The van der Waals surface area contributed by atoms with Gasteiger partial charge in [-0.1, -0.05) is 19.9 Å². The van der Waals surface area contributed by atoms with Gasteiger partial charge in [0.2, 0.25) is 0 Å². The van der Waals surface area contributed by atoms with Crippen LogP contribution in [0, 0.1) is 0 Å². The fourth-order valence-corrected chi connectivity index (χ4v) is 0.825. The summed E-state index contributed by atoms with van der Waals surface area (Å²) < 4.78 is 0. The average Bonchev–Trinajstić information content (AvgIpc) is 2.33. The molecule has 1 heterocycles. The van der Waals surface area contributed by atoms with Crippen molar-refractivity contribution in [2.24, 2.45) is 0 Å². The molecule has 0 aromatic carbocycles. The van der Waals surface area contributed by atoms with Gasteiger partial charge in [0.1, 0.15) is 7.85 Å². The van der Waals surface area contributed by atoms with Gasteiger partial charge in [0.15, 0.2) is 0 Å². The molecule has 0 aromatic rings. The molecule has 0 aromatic heterocycles. The maximum atomic E-state index is 8.52. The van der Waals surface area contributed by atoms with Gasteiger partial charge < -0.3 is 10.4 Å². The number of hydrogen-bond acceptors (Lipinski definition) is 2. The van der Waals surface area contributed by atoms with Crippen molar-refractivity contribution in [2.75, 3.05) is 13.1 Å². The summed E-state index contributed by atoms with van der Waals surface area (Å²) in [7, 11) is 5.56. The summed E-state index contributed by atoms with van der Waals surface area (Å²) in [6, 6.07) is 0. The van der Waals surface area contributed by atoms with E-state index in [0.717, 1.165) is 25.0 Å². The van der Waals surface area contributed by atoms with Crippen molar-refractivity contribution in [1.29, 1.82) is 0 Å². The number of hydrogen-bond donors (Lipinski definition) is 2. The average molecular weight is 211 g/mol. The van der Waals surface area contributed by atoms with Crippen molar-refractivity contribution < 1.29 is 5.11 Å². The second-order valence-corrected chi connectivity index (χ2v) is 4.26. The Bertz CT molecular complexity index is 155. The number of nitrogens with one attached hydrogen (secondary N) is 1. The van der Waals surface area contributed by atoms with Gasteiger partial charge in [-0.05, 0) is 40.2 Å². The van der Waals surface area contributed by atoms with Crippen molar-refractivity contribution in [2.45, 2.75) is 53.1 Å². The Balaban J connectivity index is 0. The molecule has 1 aliphatic heterocycles. The Morgan fingerprint density at radius 1 is 1.33 bits per heavy atom. The van der Waals surface area contributed by atoms with E-state index in [1.165, 1.54) is 6.42 Å². The molecule has 0 saturated carbocycles. The number of aliphatic hydroxyl groups is 1. The predicted octanol–water partition coefficient (Wildman–Crippen LogP) is 2.23. The van der Waals surface area contributed by atoms with E-state index in [1.807, 2.05) is 19.9 Å². The van der Waals surface area contributed by atoms with E-state index in [1.54, 1.807) is 20.8 Å². The first kappa shape index (κ1) is 17.1. The zero-order valence-corrected chi connectivity index (χ0v) is 10.9. The Kier molecular flexibility index (Phi) is 11.7. The minimum absolute atomic E-state index is 0.500. The van der Waals surface area contributed by atoms with Crippen LogP contribution in [-0.2, 0) is 0 Å². The molecule has 2 N–H and O–H groups in total. The van der Waals surface area contributed by atoms with Crippen LogP contribution < -0.4 is 5.32 Å². The smallest absolute Gasteiger partial charge is 0.107 e. The molecule has 0 fully saturated rings. The molecular formula is C12H26BNO. The first-order chi connectivity index (χ1) is 6.89. The Morgan fingerprint density at radius 3 is 2.27 bits per heavy atom. The van der Waals surface area contributed by atoms with Crippen molar-refractivity contribution in [3.05, 3.63) is 11.5 Å². The molecule has 3 heteroatoms. The Labute approximate surface area is 96.6 Å². The van der Waals surface area contributed by atoms with E-state index in [-0.39, 0.29) is 0 Å². The summed E-state index contributed by atoms with van der Waals surface area (Å²) in [5, 5.41) is 11.7. The summed E-state index contributed by atoms with van der Waals surface area (Å²) in [6.45, 7) is 11.3. The van der Waals surface area contributed by atoms with Crippen LogP contribution in [0.25, 0.3) is 0 Å². The highest BCUT2D eigenvalue weighted by Gasteiger charge is 1.97. The molecular weight excluding hydrogens is 185 g/mol. The molecule has 1 rings (SSSR count). The highest BCUT2D eigenvalue weighted by Crippen LogP contribution is 2.00. The largest absolute Gasteiger partial charge is 0.391 e. The van der Waals surface area contributed by atoms with Crippen LogP contribution in [0.4, 0.5) is 0 Å². The van der Waals surface area contributed by atoms with E-state index in [4.69, 9.17) is 13.0 Å². The van der Waals surface area contributed by atoms with Gasteiger partial charge >= 0.3 is 0 Å². The summed E-state index contributed by atoms with van der Waals surface area (Å²) in [4.78, 5) is 0. The van der Waals surface area contributed by atoms with Crippen molar-refractivity contribution >= 4 is 7.85 Å². The molecule has 2 radical (unpaired) electrons. The van der Waals surface area contributed by atoms with Crippen LogP contribution in [0.5, 0.6) is 0 Å². The first-order valence-electron chi connectivity index (χ1n) is 5.77. The standard InChI is InChI=1S/C6H10BN.C4H10O.C2H6/c7-6-2-1-4-8-5-3-6;1-4(2,3)5;1-2/h3,8H,1-2,4-5H2;5H,1-3H3;1-2H3. The lowest BCUT2D eigenvalue weighted by Gasteiger charge is -2.04. The second-order valence-electron chi connectivity index (χ2n) is 4.26. The van der Waals surface area contributed by atoms with Crippen LogP contribution in [0.3, 0.4) is 0 Å². The third kappa shape index (κ3) is 24.8. The summed E-state index contributed by atoms with van der Waals surface area (Å²) in [5.41, 5.74) is 0.537. The summed E-state index contributed by atoms with van der Waals surface area (Å²) in [5.74, 6) is 0. The monoisotopic (exact) mass is 211 g/mol. The van der Waals surface area contributed by atoms with Gasteiger partial charge in [0.25, 0.3) is 0 Å². The van der Waals surface area contributed by atoms with Crippen LogP contribution in [0.2, 0.25) is 0 Å². The van der Waals surface area contributed by atoms with Crippen LogP contribution in [0.15, 0.2) is 11.5 Å². The quantitative estimate of drug-likeness (QED) is 0.602. The first-order valence-corrected chi connectivity index (χ1v) is 5.77. The lowest BCUT2D eigenvalue weighted by molar-refractivity contribution is 0.102. The fraction of sp³-hybridized carbons (Fsp3) is 0.833.